The van der Waals surface area contributed by atoms with Gasteiger partial charge >= 0.3 is 5.97 Å². The molecule has 21 heavy (non-hydrogen) atoms. The number of esters is 1. The molecule has 0 bridgehead atoms. The molecule has 0 heterocycles. The van der Waals surface area contributed by atoms with Crippen LogP contribution in [0.2, 0.25) is 0 Å². The number of hydrogen-bond acceptors (Lipinski definition) is 3. The van der Waals surface area contributed by atoms with E-state index in [0.717, 1.165) is 24.8 Å². The molecular weight excluding hydrogens is 264 g/mol. The normalized spacial score (nSPS) is 24.9. The zero-order chi connectivity index (χ0) is 15.5. The fourth-order valence-corrected chi connectivity index (χ4v) is 3.34. The second-order valence-electron chi connectivity index (χ2n) is 5.64. The lowest BCUT2D eigenvalue weighted by molar-refractivity contribution is -0.147. The predicted octanol–water partition coefficient (Wildman–Crippen LogP) is 3.80. The van der Waals surface area contributed by atoms with Crippen molar-refractivity contribution in [1.29, 1.82) is 0 Å². The number of hydrogen-bond donors (Lipinski definition) is 0. The third kappa shape index (κ3) is 2.53. The summed E-state index contributed by atoms with van der Waals surface area (Å²) in [6.45, 7) is 6.20. The molecule has 0 amide bonds. The van der Waals surface area contributed by atoms with Crippen LogP contribution in [0.4, 0.5) is 0 Å². The summed E-state index contributed by atoms with van der Waals surface area (Å²) in [7, 11) is 1.34. The Hall–Kier alpha value is -1.90. The summed E-state index contributed by atoms with van der Waals surface area (Å²) < 4.78 is 4.96. The van der Waals surface area contributed by atoms with Crippen molar-refractivity contribution in [3.63, 3.8) is 0 Å². The highest BCUT2D eigenvalue weighted by molar-refractivity contribution is 6.15. The summed E-state index contributed by atoms with van der Waals surface area (Å²) >= 11 is 0. The first-order chi connectivity index (χ1) is 10.1. The zero-order valence-electron chi connectivity index (χ0n) is 12.7. The number of rotatable bonds is 5. The number of ketones is 1. The Bertz CT molecular complexity index is 547. The van der Waals surface area contributed by atoms with Gasteiger partial charge in [0.15, 0.2) is 11.2 Å². The van der Waals surface area contributed by atoms with E-state index < -0.39 is 11.4 Å². The zero-order valence-corrected chi connectivity index (χ0v) is 12.7. The lowest BCUT2D eigenvalue weighted by atomic mass is 9.74. The third-order valence-electron chi connectivity index (χ3n) is 4.50. The Labute approximate surface area is 126 Å². The van der Waals surface area contributed by atoms with Gasteiger partial charge in [-0.1, -0.05) is 50.3 Å². The fourth-order valence-electron chi connectivity index (χ4n) is 3.34. The summed E-state index contributed by atoms with van der Waals surface area (Å²) in [6.07, 6.45) is 3.29. The van der Waals surface area contributed by atoms with Gasteiger partial charge in [-0.25, -0.2) is 0 Å². The Balaban J connectivity index is 2.43. The molecule has 112 valence electrons. The maximum absolute atomic E-state index is 13.0. The molecule has 0 N–H and O–H groups in total. The quantitative estimate of drug-likeness (QED) is 0.358. The van der Waals surface area contributed by atoms with E-state index in [9.17, 15) is 9.59 Å². The predicted molar refractivity (Wildman–Crippen MR) is 82.0 cm³/mol. The van der Waals surface area contributed by atoms with E-state index in [1.807, 2.05) is 6.07 Å². The van der Waals surface area contributed by atoms with Gasteiger partial charge in [-0.3, -0.25) is 9.59 Å². The highest BCUT2D eigenvalue weighted by Gasteiger charge is 2.54. The van der Waals surface area contributed by atoms with E-state index in [2.05, 4.69) is 13.5 Å². The minimum Gasteiger partial charge on any atom is -0.468 e. The number of ether oxygens (including phenoxy) is 1. The molecule has 2 atom stereocenters. The molecule has 0 aromatic heterocycles. The Morgan fingerprint density at radius 1 is 1.33 bits per heavy atom. The number of Topliss-reactive ketones (excluding diaryl/α,β-unsaturated/α-hetero) is 1. The van der Waals surface area contributed by atoms with Crippen molar-refractivity contribution >= 4 is 11.8 Å². The first-order valence-electron chi connectivity index (χ1n) is 7.45. The largest absolute Gasteiger partial charge is 0.468 e. The van der Waals surface area contributed by atoms with Crippen LogP contribution < -0.4 is 0 Å². The van der Waals surface area contributed by atoms with Crippen molar-refractivity contribution in [2.75, 3.05) is 7.11 Å². The van der Waals surface area contributed by atoms with Crippen molar-refractivity contribution < 1.29 is 14.3 Å². The van der Waals surface area contributed by atoms with Crippen LogP contribution >= 0.6 is 0 Å². The van der Waals surface area contributed by atoms with Gasteiger partial charge in [-0.05, 0) is 30.8 Å². The second kappa shape index (κ2) is 6.25. The Kier molecular flexibility index (Phi) is 4.61. The minimum atomic E-state index is -1.20. The summed E-state index contributed by atoms with van der Waals surface area (Å²) in [5, 5.41) is 0. The molecular formula is C18H22O3. The van der Waals surface area contributed by atoms with Gasteiger partial charge in [0, 0.05) is 5.56 Å². The highest BCUT2D eigenvalue weighted by atomic mass is 16.5. The average molecular weight is 286 g/mol. The molecule has 1 aromatic carbocycles. The number of benzene rings is 1. The van der Waals surface area contributed by atoms with Gasteiger partial charge in [-0.15, -0.1) is 0 Å². The monoisotopic (exact) mass is 286 g/mol. The number of carbonyl (C=O) groups excluding carboxylic acids is 2. The molecule has 1 aliphatic carbocycles. The van der Waals surface area contributed by atoms with Crippen LogP contribution in [0.5, 0.6) is 0 Å². The van der Waals surface area contributed by atoms with Crippen LogP contribution in [-0.2, 0) is 9.53 Å². The van der Waals surface area contributed by atoms with E-state index in [-0.39, 0.29) is 11.7 Å². The topological polar surface area (TPSA) is 43.4 Å². The highest BCUT2D eigenvalue weighted by Crippen LogP contribution is 2.50. The van der Waals surface area contributed by atoms with E-state index in [0.29, 0.717) is 12.0 Å². The van der Waals surface area contributed by atoms with Crippen molar-refractivity contribution in [2.24, 2.45) is 11.3 Å². The Morgan fingerprint density at radius 3 is 2.57 bits per heavy atom. The number of carbonyl (C=O) groups is 2. The molecule has 0 radical (unpaired) electrons. The second-order valence-corrected chi connectivity index (χ2v) is 5.64. The summed E-state index contributed by atoms with van der Waals surface area (Å²) in [5.74, 6) is -0.430. The van der Waals surface area contributed by atoms with Crippen LogP contribution in [0.3, 0.4) is 0 Å². The maximum Gasteiger partial charge on any atom is 0.323 e. The van der Waals surface area contributed by atoms with Crippen molar-refractivity contribution in [1.82, 2.24) is 0 Å². The summed E-state index contributed by atoms with van der Waals surface area (Å²) in [5.41, 5.74) is 0.0712. The van der Waals surface area contributed by atoms with Crippen molar-refractivity contribution in [3.05, 3.63) is 48.0 Å². The molecule has 2 rings (SSSR count). The van der Waals surface area contributed by atoms with Gasteiger partial charge in [0.2, 0.25) is 0 Å². The van der Waals surface area contributed by atoms with Crippen LogP contribution in [0.25, 0.3) is 0 Å². The van der Waals surface area contributed by atoms with Gasteiger partial charge in [-0.2, -0.15) is 0 Å². The van der Waals surface area contributed by atoms with Gasteiger partial charge < -0.3 is 4.74 Å². The molecule has 1 aromatic rings. The van der Waals surface area contributed by atoms with E-state index in [4.69, 9.17) is 4.74 Å². The molecule has 0 spiro atoms. The van der Waals surface area contributed by atoms with Crippen LogP contribution in [0.15, 0.2) is 42.5 Å². The van der Waals surface area contributed by atoms with Gasteiger partial charge in [0.25, 0.3) is 0 Å². The lowest BCUT2D eigenvalue weighted by Crippen LogP contribution is -2.39. The van der Waals surface area contributed by atoms with Crippen LogP contribution in [0, 0.1) is 11.3 Å². The third-order valence-corrected chi connectivity index (χ3v) is 4.50. The molecule has 1 fully saturated rings. The SMILES string of the molecule is C=C1[C@H](CCC)CC[C@]1(C(=O)OC)C(=O)c1ccccc1. The summed E-state index contributed by atoms with van der Waals surface area (Å²) in [6, 6.07) is 8.95. The molecule has 0 aliphatic heterocycles. The molecule has 0 saturated heterocycles. The lowest BCUT2D eigenvalue weighted by Gasteiger charge is -2.27. The maximum atomic E-state index is 13.0. The van der Waals surface area contributed by atoms with Crippen LogP contribution in [-0.4, -0.2) is 18.9 Å². The molecule has 0 unspecified atom stereocenters. The standard InChI is InChI=1S/C18H22O3/c1-4-8-14-11-12-18(13(14)2,17(20)21-3)16(19)15-9-6-5-7-10-15/h5-7,9-10,14H,2,4,8,11-12H2,1,3H3/t14-,18-/m1/s1. The molecule has 1 aliphatic rings. The molecule has 1 saturated carbocycles. The van der Waals surface area contributed by atoms with Gasteiger partial charge in [0.1, 0.15) is 0 Å². The summed E-state index contributed by atoms with van der Waals surface area (Å²) in [4.78, 5) is 25.4. The average Bonchev–Trinajstić information content (AvgIpc) is 2.85. The van der Waals surface area contributed by atoms with E-state index in [1.54, 1.807) is 24.3 Å². The van der Waals surface area contributed by atoms with Crippen molar-refractivity contribution in [2.45, 2.75) is 32.6 Å². The van der Waals surface area contributed by atoms with Crippen molar-refractivity contribution in [3.8, 4) is 0 Å². The fraction of sp³-hybridized carbons (Fsp3) is 0.444. The molecule has 3 heteroatoms. The smallest absolute Gasteiger partial charge is 0.323 e. The minimum absolute atomic E-state index is 0.182. The molecule has 3 nitrogen and oxygen atoms in total. The van der Waals surface area contributed by atoms with Gasteiger partial charge in [0.05, 0.1) is 7.11 Å². The first kappa shape index (κ1) is 15.5. The van der Waals surface area contributed by atoms with E-state index in [1.165, 1.54) is 7.11 Å². The number of methoxy groups -OCH3 is 1. The Morgan fingerprint density at radius 2 is 2.00 bits per heavy atom. The van der Waals surface area contributed by atoms with E-state index >= 15 is 0 Å². The first-order valence-corrected chi connectivity index (χ1v) is 7.45. The van der Waals surface area contributed by atoms with Crippen LogP contribution in [0.1, 0.15) is 43.0 Å².